The van der Waals surface area contributed by atoms with Crippen molar-refractivity contribution in [3.63, 3.8) is 0 Å². The number of aromatic amines is 1. The Labute approximate surface area is 167 Å². The Balaban J connectivity index is 1.31. The number of hydrogen-bond acceptors (Lipinski definition) is 4. The van der Waals surface area contributed by atoms with Crippen molar-refractivity contribution in [1.82, 2.24) is 15.5 Å². The molecule has 1 aromatic heterocycles. The van der Waals surface area contributed by atoms with E-state index in [2.05, 4.69) is 27.4 Å². The molecule has 7 heteroatoms. The van der Waals surface area contributed by atoms with E-state index in [1.165, 1.54) is 0 Å². The van der Waals surface area contributed by atoms with Crippen LogP contribution in [0.1, 0.15) is 16.1 Å². The van der Waals surface area contributed by atoms with Crippen LogP contribution in [0.2, 0.25) is 0 Å². The van der Waals surface area contributed by atoms with Crippen LogP contribution in [0.15, 0.2) is 60.7 Å². The second-order valence-corrected chi connectivity index (χ2v) is 6.33. The van der Waals surface area contributed by atoms with Gasteiger partial charge in [-0.25, -0.2) is 4.79 Å². The second kappa shape index (κ2) is 8.31. The summed E-state index contributed by atoms with van der Waals surface area (Å²) in [6, 6.07) is 18.6. The summed E-state index contributed by atoms with van der Waals surface area (Å²) in [7, 11) is 0. The first-order chi connectivity index (χ1) is 14.2. The highest BCUT2D eigenvalue weighted by atomic mass is 16.6. The first-order valence-electron chi connectivity index (χ1n) is 9.13. The molecule has 7 nitrogen and oxygen atoms in total. The topological polar surface area (TPSA) is 87.3 Å². The van der Waals surface area contributed by atoms with Crippen LogP contribution in [0.5, 0.6) is 0 Å². The van der Waals surface area contributed by atoms with Gasteiger partial charge in [0.2, 0.25) is 0 Å². The van der Waals surface area contributed by atoms with Crippen molar-refractivity contribution in [3.05, 3.63) is 71.9 Å². The summed E-state index contributed by atoms with van der Waals surface area (Å²) in [5.74, 6) is 5.64. The molecule has 29 heavy (non-hydrogen) atoms. The number of carbonyl (C=O) groups is 2. The number of benzene rings is 2. The van der Waals surface area contributed by atoms with Crippen LogP contribution in [0, 0.1) is 11.8 Å². The van der Waals surface area contributed by atoms with Gasteiger partial charge in [0.1, 0.15) is 12.3 Å². The molecule has 1 fully saturated rings. The van der Waals surface area contributed by atoms with Gasteiger partial charge in [-0.05, 0) is 30.3 Å². The number of nitrogens with one attached hydrogen (secondary N) is 2. The second-order valence-electron chi connectivity index (χ2n) is 6.33. The Morgan fingerprint density at radius 3 is 2.69 bits per heavy atom. The monoisotopic (exact) mass is 386 g/mol. The lowest BCUT2D eigenvalue weighted by atomic mass is 10.1. The largest absolute Gasteiger partial charge is 0.447 e. The molecule has 2 heterocycles. The first-order valence-corrected chi connectivity index (χ1v) is 9.13. The van der Waals surface area contributed by atoms with Crippen LogP contribution in [0.4, 0.5) is 10.5 Å². The molecule has 0 radical (unpaired) electrons. The predicted molar refractivity (Wildman–Crippen MR) is 108 cm³/mol. The van der Waals surface area contributed by atoms with Gasteiger partial charge in [0.25, 0.3) is 5.91 Å². The number of nitrogens with zero attached hydrogens (tertiary/aromatic N) is 2. The number of rotatable bonds is 4. The molecule has 0 spiro atoms. The molecule has 0 atom stereocenters. The first kappa shape index (κ1) is 18.3. The number of H-pyrrole nitrogens is 1. The quantitative estimate of drug-likeness (QED) is 0.675. The maximum Gasteiger partial charge on any atom is 0.414 e. The minimum atomic E-state index is -0.333. The van der Waals surface area contributed by atoms with Crippen molar-refractivity contribution in [3.8, 4) is 23.1 Å². The van der Waals surface area contributed by atoms with E-state index in [0.29, 0.717) is 24.5 Å². The molecular weight excluding hydrogens is 368 g/mol. The van der Waals surface area contributed by atoms with Gasteiger partial charge in [-0.2, -0.15) is 5.10 Å². The molecule has 0 bridgehead atoms. The minimum absolute atomic E-state index is 0.207. The molecule has 0 saturated carbocycles. The molecule has 2 aromatic carbocycles. The fourth-order valence-corrected chi connectivity index (χ4v) is 2.91. The molecular formula is C22H18N4O3. The van der Waals surface area contributed by atoms with Gasteiger partial charge in [-0.1, -0.05) is 42.2 Å². The highest BCUT2D eigenvalue weighted by Gasteiger charge is 2.23. The Hall–Kier alpha value is -4.05. The molecule has 2 amide bonds. The van der Waals surface area contributed by atoms with Crippen LogP contribution in [0.3, 0.4) is 0 Å². The zero-order valence-electron chi connectivity index (χ0n) is 15.5. The average Bonchev–Trinajstić information content (AvgIpc) is 3.42. The van der Waals surface area contributed by atoms with Crippen LogP contribution >= 0.6 is 0 Å². The van der Waals surface area contributed by atoms with Gasteiger partial charge < -0.3 is 10.1 Å². The van der Waals surface area contributed by atoms with Gasteiger partial charge in [-0.3, -0.25) is 14.8 Å². The van der Waals surface area contributed by atoms with E-state index >= 15 is 0 Å². The van der Waals surface area contributed by atoms with Crippen molar-refractivity contribution in [2.24, 2.45) is 0 Å². The molecule has 2 N–H and O–H groups in total. The molecule has 0 aliphatic carbocycles. The lowest BCUT2D eigenvalue weighted by molar-refractivity contribution is 0.0953. The molecule has 1 saturated heterocycles. The molecule has 0 unspecified atom stereocenters. The number of ether oxygens (including phenoxy) is 1. The number of cyclic esters (lactones) is 1. The van der Waals surface area contributed by atoms with Gasteiger partial charge in [-0.15, -0.1) is 0 Å². The summed E-state index contributed by atoms with van der Waals surface area (Å²) >= 11 is 0. The third kappa shape index (κ3) is 4.28. The number of hydrogen-bond donors (Lipinski definition) is 2. The SMILES string of the molecule is O=C(NCC#Cc1ccc(N2CCOC2=O)cc1)c1cc(-c2ccccc2)n[nH]1. The Kier molecular flexibility index (Phi) is 5.25. The van der Waals surface area contributed by atoms with Crippen molar-refractivity contribution in [2.75, 3.05) is 24.6 Å². The van der Waals surface area contributed by atoms with E-state index in [0.717, 1.165) is 16.8 Å². The number of amides is 2. The fraction of sp³-hybridized carbons (Fsp3) is 0.136. The summed E-state index contributed by atoms with van der Waals surface area (Å²) in [5, 5.41) is 9.66. The van der Waals surface area contributed by atoms with Crippen LogP contribution in [-0.4, -0.2) is 41.9 Å². The highest BCUT2D eigenvalue weighted by Crippen LogP contribution is 2.19. The summed E-state index contributed by atoms with van der Waals surface area (Å²) < 4.78 is 4.93. The summed E-state index contributed by atoms with van der Waals surface area (Å²) in [4.78, 5) is 25.4. The minimum Gasteiger partial charge on any atom is -0.447 e. The van der Waals surface area contributed by atoms with Crippen LogP contribution in [0.25, 0.3) is 11.3 Å². The Morgan fingerprint density at radius 2 is 1.97 bits per heavy atom. The van der Waals surface area contributed by atoms with Gasteiger partial charge in [0, 0.05) is 16.8 Å². The smallest absolute Gasteiger partial charge is 0.414 e. The van der Waals surface area contributed by atoms with E-state index in [1.807, 2.05) is 54.6 Å². The van der Waals surface area contributed by atoms with Crippen molar-refractivity contribution in [1.29, 1.82) is 0 Å². The number of carbonyl (C=O) groups excluding carboxylic acids is 2. The Morgan fingerprint density at radius 1 is 1.17 bits per heavy atom. The number of aromatic nitrogens is 2. The van der Waals surface area contributed by atoms with E-state index in [1.54, 1.807) is 11.0 Å². The van der Waals surface area contributed by atoms with Gasteiger partial charge >= 0.3 is 6.09 Å². The summed E-state index contributed by atoms with van der Waals surface area (Å²) in [6.07, 6.45) is -0.333. The zero-order chi connectivity index (χ0) is 20.1. The molecule has 3 aromatic rings. The third-order valence-corrected chi connectivity index (χ3v) is 4.40. The van der Waals surface area contributed by atoms with E-state index in [9.17, 15) is 9.59 Å². The number of anilines is 1. The predicted octanol–water partition coefficient (Wildman–Crippen LogP) is 2.81. The molecule has 1 aliphatic rings. The normalized spacial score (nSPS) is 12.8. The van der Waals surface area contributed by atoms with Crippen molar-refractivity contribution < 1.29 is 14.3 Å². The van der Waals surface area contributed by atoms with Crippen molar-refractivity contribution >= 4 is 17.7 Å². The van der Waals surface area contributed by atoms with Crippen LogP contribution < -0.4 is 10.2 Å². The average molecular weight is 386 g/mol. The van der Waals surface area contributed by atoms with Gasteiger partial charge in [0.15, 0.2) is 0 Å². The lowest BCUT2D eigenvalue weighted by Crippen LogP contribution is -2.23. The lowest BCUT2D eigenvalue weighted by Gasteiger charge is -2.11. The van der Waals surface area contributed by atoms with E-state index in [4.69, 9.17) is 4.74 Å². The zero-order valence-corrected chi connectivity index (χ0v) is 15.5. The van der Waals surface area contributed by atoms with E-state index < -0.39 is 0 Å². The van der Waals surface area contributed by atoms with Crippen LogP contribution in [-0.2, 0) is 4.74 Å². The van der Waals surface area contributed by atoms with Gasteiger partial charge in [0.05, 0.1) is 18.8 Å². The fourth-order valence-electron chi connectivity index (χ4n) is 2.91. The molecule has 1 aliphatic heterocycles. The molecule has 4 rings (SSSR count). The van der Waals surface area contributed by atoms with Crippen molar-refractivity contribution in [2.45, 2.75) is 0 Å². The third-order valence-electron chi connectivity index (χ3n) is 4.40. The Bertz CT molecular complexity index is 1080. The highest BCUT2D eigenvalue weighted by molar-refractivity contribution is 5.93. The summed E-state index contributed by atoms with van der Waals surface area (Å²) in [5.41, 5.74) is 3.60. The standard InChI is InChI=1S/C22H18N4O3/c27-21(20-15-19(24-25-20)17-6-2-1-3-7-17)23-12-4-5-16-8-10-18(11-9-16)26-13-14-29-22(26)28/h1-3,6-11,15H,12-14H2,(H,23,27)(H,24,25). The molecule has 144 valence electrons. The summed E-state index contributed by atoms with van der Waals surface area (Å²) in [6.45, 7) is 1.16. The maximum absolute atomic E-state index is 12.2. The maximum atomic E-state index is 12.2. The van der Waals surface area contributed by atoms with E-state index in [-0.39, 0.29) is 18.5 Å².